The van der Waals surface area contributed by atoms with E-state index in [0.717, 1.165) is 41.1 Å². The fourth-order valence-corrected chi connectivity index (χ4v) is 6.97. The van der Waals surface area contributed by atoms with E-state index in [9.17, 15) is 18.0 Å². The molecule has 9 heteroatoms. The third-order valence-electron chi connectivity index (χ3n) is 8.07. The molecule has 8 nitrogen and oxygen atoms in total. The summed E-state index contributed by atoms with van der Waals surface area (Å²) in [6, 6.07) is 22.3. The highest BCUT2D eigenvalue weighted by atomic mass is 32.2. The summed E-state index contributed by atoms with van der Waals surface area (Å²) in [5, 5.41) is 3.18. The van der Waals surface area contributed by atoms with Crippen molar-refractivity contribution in [3.05, 3.63) is 90.0 Å². The van der Waals surface area contributed by atoms with Crippen molar-refractivity contribution in [3.63, 3.8) is 0 Å². The molecule has 1 unspecified atom stereocenters. The van der Waals surface area contributed by atoms with Crippen molar-refractivity contribution in [1.29, 1.82) is 0 Å². The smallest absolute Gasteiger partial charge is 0.264 e. The third-order valence-corrected chi connectivity index (χ3v) is 9.86. The second kappa shape index (κ2) is 15.0. The maximum atomic E-state index is 14.2. The van der Waals surface area contributed by atoms with Gasteiger partial charge in [0.2, 0.25) is 11.8 Å². The van der Waals surface area contributed by atoms with Gasteiger partial charge in [-0.1, -0.05) is 74.2 Å². The number of carbonyl (C=O) groups excluding carboxylic acids is 2. The predicted molar refractivity (Wildman–Crippen MR) is 170 cm³/mol. The van der Waals surface area contributed by atoms with E-state index >= 15 is 0 Å². The lowest BCUT2D eigenvalue weighted by atomic mass is 9.95. The molecule has 43 heavy (non-hydrogen) atoms. The first-order chi connectivity index (χ1) is 20.7. The van der Waals surface area contributed by atoms with Crippen LogP contribution in [0.2, 0.25) is 0 Å². The lowest BCUT2D eigenvalue weighted by Crippen LogP contribution is -2.54. The summed E-state index contributed by atoms with van der Waals surface area (Å²) in [5.41, 5.74) is 2.37. The van der Waals surface area contributed by atoms with Gasteiger partial charge in [0.25, 0.3) is 10.0 Å². The minimum Gasteiger partial charge on any atom is -0.497 e. The second-order valence-corrected chi connectivity index (χ2v) is 13.0. The molecule has 0 radical (unpaired) electrons. The molecule has 0 aliphatic heterocycles. The molecule has 0 heterocycles. The van der Waals surface area contributed by atoms with Crippen LogP contribution in [0.1, 0.15) is 56.6 Å². The van der Waals surface area contributed by atoms with E-state index in [1.54, 1.807) is 29.2 Å². The first-order valence-electron chi connectivity index (χ1n) is 15.1. The van der Waals surface area contributed by atoms with Crippen LogP contribution in [-0.4, -0.2) is 57.4 Å². The van der Waals surface area contributed by atoms with Gasteiger partial charge in [0.1, 0.15) is 18.3 Å². The number of benzene rings is 3. The van der Waals surface area contributed by atoms with Crippen molar-refractivity contribution in [1.82, 2.24) is 10.2 Å². The van der Waals surface area contributed by atoms with Crippen molar-refractivity contribution < 1.29 is 22.7 Å². The standard InChI is InChI=1S/C34H43N3O5S/c1-4-32(34(39)35-28-13-9-6-10-14-28)36(24-23-27-11-7-5-8-12-27)33(38)25-37(29-17-15-26(2)16-18-29)43(40,41)31-21-19-30(42-3)20-22-31/h5,7-8,11-12,15-22,28,32H,4,6,9-10,13-14,23-25H2,1-3H3,(H,35,39). The largest absolute Gasteiger partial charge is 0.497 e. The van der Waals surface area contributed by atoms with E-state index in [-0.39, 0.29) is 23.4 Å². The van der Waals surface area contributed by atoms with Gasteiger partial charge in [0.15, 0.2) is 0 Å². The number of methoxy groups -OCH3 is 1. The van der Waals surface area contributed by atoms with Gasteiger partial charge in [-0.3, -0.25) is 13.9 Å². The van der Waals surface area contributed by atoms with Gasteiger partial charge in [0.05, 0.1) is 17.7 Å². The molecule has 1 aliphatic rings. The molecular weight excluding hydrogens is 562 g/mol. The summed E-state index contributed by atoms with van der Waals surface area (Å²) >= 11 is 0. The number of ether oxygens (including phenoxy) is 1. The fraction of sp³-hybridized carbons (Fsp3) is 0.412. The molecule has 230 valence electrons. The maximum Gasteiger partial charge on any atom is 0.264 e. The zero-order valence-corrected chi connectivity index (χ0v) is 26.2. The number of anilines is 1. The van der Waals surface area contributed by atoms with Crippen LogP contribution in [-0.2, 0) is 26.0 Å². The van der Waals surface area contributed by atoms with Crippen LogP contribution >= 0.6 is 0 Å². The lowest BCUT2D eigenvalue weighted by molar-refractivity contribution is -0.140. The Labute approximate surface area is 256 Å². The molecule has 2 amide bonds. The molecule has 0 aromatic heterocycles. The van der Waals surface area contributed by atoms with E-state index in [4.69, 9.17) is 4.74 Å². The Morgan fingerprint density at radius 3 is 2.19 bits per heavy atom. The van der Waals surface area contributed by atoms with Gasteiger partial charge < -0.3 is 15.0 Å². The normalized spacial score (nSPS) is 14.5. The second-order valence-electron chi connectivity index (χ2n) is 11.1. The van der Waals surface area contributed by atoms with Crippen LogP contribution in [0.4, 0.5) is 5.69 Å². The summed E-state index contributed by atoms with van der Waals surface area (Å²) in [5.74, 6) is -0.0892. The van der Waals surface area contributed by atoms with Crippen molar-refractivity contribution in [2.75, 3.05) is 24.5 Å². The Balaban J connectivity index is 1.66. The predicted octanol–water partition coefficient (Wildman–Crippen LogP) is 5.50. The van der Waals surface area contributed by atoms with Crippen LogP contribution in [0, 0.1) is 6.92 Å². The van der Waals surface area contributed by atoms with E-state index in [2.05, 4.69) is 5.32 Å². The average molecular weight is 606 g/mol. The zero-order chi connectivity index (χ0) is 30.8. The molecule has 1 saturated carbocycles. The van der Waals surface area contributed by atoms with Gasteiger partial charge in [-0.15, -0.1) is 0 Å². The lowest BCUT2D eigenvalue weighted by Gasteiger charge is -2.34. The molecule has 0 bridgehead atoms. The van der Waals surface area contributed by atoms with Crippen molar-refractivity contribution >= 4 is 27.5 Å². The van der Waals surface area contributed by atoms with Crippen molar-refractivity contribution in [3.8, 4) is 5.75 Å². The Bertz CT molecular complexity index is 1440. The van der Waals surface area contributed by atoms with Gasteiger partial charge in [-0.2, -0.15) is 0 Å². The maximum absolute atomic E-state index is 14.2. The molecular formula is C34H43N3O5S. The SMILES string of the molecule is CCC(C(=O)NC1CCCCC1)N(CCc1ccccc1)C(=O)CN(c1ccc(C)cc1)S(=O)(=O)c1ccc(OC)cc1. The molecule has 3 aromatic rings. The monoisotopic (exact) mass is 605 g/mol. The van der Waals surface area contributed by atoms with Crippen LogP contribution in [0.3, 0.4) is 0 Å². The first-order valence-corrected chi connectivity index (χ1v) is 16.5. The molecule has 1 N–H and O–H groups in total. The highest BCUT2D eigenvalue weighted by Crippen LogP contribution is 2.26. The van der Waals surface area contributed by atoms with Crippen LogP contribution in [0.5, 0.6) is 5.75 Å². The van der Waals surface area contributed by atoms with E-state index in [1.165, 1.54) is 25.7 Å². The first kappa shape index (κ1) is 32.1. The van der Waals surface area contributed by atoms with Gasteiger partial charge in [-0.25, -0.2) is 8.42 Å². The van der Waals surface area contributed by atoms with E-state index in [1.807, 2.05) is 56.3 Å². The number of nitrogens with one attached hydrogen (secondary N) is 1. The third kappa shape index (κ3) is 8.38. The quantitative estimate of drug-likeness (QED) is 0.278. The summed E-state index contributed by atoms with van der Waals surface area (Å²) in [6.45, 7) is 3.64. The van der Waals surface area contributed by atoms with Crippen molar-refractivity contribution in [2.45, 2.75) is 75.8 Å². The Hall–Kier alpha value is -3.85. The number of amides is 2. The minimum atomic E-state index is -4.13. The summed E-state index contributed by atoms with van der Waals surface area (Å²) in [7, 11) is -2.62. The molecule has 0 saturated heterocycles. The number of sulfonamides is 1. The molecule has 1 fully saturated rings. The highest BCUT2D eigenvalue weighted by Gasteiger charge is 2.34. The average Bonchev–Trinajstić information content (AvgIpc) is 3.03. The number of carbonyl (C=O) groups is 2. The van der Waals surface area contributed by atoms with Crippen LogP contribution in [0.15, 0.2) is 83.8 Å². The number of rotatable bonds is 13. The van der Waals surface area contributed by atoms with E-state index < -0.39 is 28.5 Å². The number of nitrogens with zero attached hydrogens (tertiary/aromatic N) is 2. The zero-order valence-electron chi connectivity index (χ0n) is 25.4. The van der Waals surface area contributed by atoms with Gasteiger partial charge in [-0.05, 0) is 74.6 Å². The number of aryl methyl sites for hydroxylation is 1. The molecule has 1 aliphatic carbocycles. The molecule has 3 aromatic carbocycles. The highest BCUT2D eigenvalue weighted by molar-refractivity contribution is 7.92. The summed E-state index contributed by atoms with van der Waals surface area (Å²) in [6.07, 6.45) is 6.14. The molecule has 0 spiro atoms. The van der Waals surface area contributed by atoms with Gasteiger partial charge >= 0.3 is 0 Å². The van der Waals surface area contributed by atoms with Crippen LogP contribution in [0.25, 0.3) is 0 Å². The molecule has 4 rings (SSSR count). The van der Waals surface area contributed by atoms with E-state index in [0.29, 0.717) is 24.3 Å². The fourth-order valence-electron chi connectivity index (χ4n) is 5.55. The Morgan fingerprint density at radius 2 is 1.58 bits per heavy atom. The van der Waals surface area contributed by atoms with Crippen molar-refractivity contribution in [2.24, 2.45) is 0 Å². The Kier molecular flexibility index (Phi) is 11.2. The Morgan fingerprint density at radius 1 is 0.930 bits per heavy atom. The summed E-state index contributed by atoms with van der Waals surface area (Å²) in [4.78, 5) is 29.4. The topological polar surface area (TPSA) is 96.0 Å². The minimum absolute atomic E-state index is 0.0413. The number of hydrogen-bond acceptors (Lipinski definition) is 5. The number of hydrogen-bond donors (Lipinski definition) is 1. The van der Waals surface area contributed by atoms with Crippen LogP contribution < -0.4 is 14.4 Å². The summed E-state index contributed by atoms with van der Waals surface area (Å²) < 4.78 is 34.4. The van der Waals surface area contributed by atoms with Gasteiger partial charge in [0, 0.05) is 12.6 Å². The molecule has 1 atom stereocenters.